The number of hydrogen-bond acceptors (Lipinski definition) is 5. The lowest BCUT2D eigenvalue weighted by Crippen LogP contribution is -2.38. The van der Waals surface area contributed by atoms with Crippen molar-refractivity contribution in [3.63, 3.8) is 0 Å². The Morgan fingerprint density at radius 3 is 3.00 bits per heavy atom. The smallest absolute Gasteiger partial charge is 0.314 e. The van der Waals surface area contributed by atoms with Gasteiger partial charge in [0.15, 0.2) is 0 Å². The summed E-state index contributed by atoms with van der Waals surface area (Å²) in [5.41, 5.74) is 0.787. The summed E-state index contributed by atoms with van der Waals surface area (Å²) in [6.45, 7) is 6.28. The zero-order valence-corrected chi connectivity index (χ0v) is 11.4. The Hall–Kier alpha value is -1.69. The number of likely N-dealkylation sites (N-methyl/N-ethyl adjacent to an activating group) is 1. The van der Waals surface area contributed by atoms with Gasteiger partial charge in [-0.05, 0) is 39.3 Å². The number of aromatic nitrogens is 1. The molecule has 0 saturated carbocycles. The average molecular weight is 264 g/mol. The maximum absolute atomic E-state index is 11.2. The molecule has 19 heavy (non-hydrogen) atoms. The molecule has 0 bridgehead atoms. The molecule has 1 N–H and O–H groups in total. The minimum atomic E-state index is -0.331. The Labute approximate surface area is 113 Å². The fraction of sp³-hybridized carbons (Fsp3) is 0.615. The molecule has 0 spiro atoms. The summed E-state index contributed by atoms with van der Waals surface area (Å²) >= 11 is 0. The third-order valence-corrected chi connectivity index (χ3v) is 3.57. The highest BCUT2D eigenvalue weighted by molar-refractivity contribution is 5.61. The predicted molar refractivity (Wildman–Crippen MR) is 74.5 cm³/mol. The van der Waals surface area contributed by atoms with Crippen molar-refractivity contribution in [1.29, 1.82) is 0 Å². The first kappa shape index (κ1) is 13.7. The lowest BCUT2D eigenvalue weighted by atomic mass is 10.2. The Morgan fingerprint density at radius 1 is 1.63 bits per heavy atom. The predicted octanol–water partition coefficient (Wildman–Crippen LogP) is 1.88. The third kappa shape index (κ3) is 3.01. The van der Waals surface area contributed by atoms with Crippen molar-refractivity contribution in [3.8, 4) is 0 Å². The number of nitrogens with zero attached hydrogens (tertiary/aromatic N) is 3. The second-order valence-corrected chi connectivity index (χ2v) is 4.89. The van der Waals surface area contributed by atoms with E-state index in [1.165, 1.54) is 6.42 Å². The van der Waals surface area contributed by atoms with Gasteiger partial charge in [0.05, 0.1) is 4.92 Å². The molecular weight excluding hydrogens is 244 g/mol. The van der Waals surface area contributed by atoms with Crippen molar-refractivity contribution < 1.29 is 4.92 Å². The molecule has 6 heteroatoms. The highest BCUT2D eigenvalue weighted by atomic mass is 16.6. The van der Waals surface area contributed by atoms with E-state index in [0.717, 1.165) is 26.1 Å². The molecule has 2 heterocycles. The van der Waals surface area contributed by atoms with E-state index in [1.54, 1.807) is 19.2 Å². The largest absolute Gasteiger partial charge is 0.350 e. The molecule has 1 aliphatic heterocycles. The van der Waals surface area contributed by atoms with Crippen LogP contribution in [-0.4, -0.2) is 35.6 Å². The van der Waals surface area contributed by atoms with Gasteiger partial charge in [0.25, 0.3) is 0 Å². The van der Waals surface area contributed by atoms with Crippen LogP contribution in [0.15, 0.2) is 12.3 Å². The van der Waals surface area contributed by atoms with Gasteiger partial charge in [0.1, 0.15) is 0 Å². The monoisotopic (exact) mass is 264 g/mol. The number of pyridine rings is 1. The molecule has 104 valence electrons. The molecule has 1 fully saturated rings. The van der Waals surface area contributed by atoms with Crippen molar-refractivity contribution in [1.82, 2.24) is 10.3 Å². The maximum Gasteiger partial charge on any atom is 0.314 e. The van der Waals surface area contributed by atoms with Crippen molar-refractivity contribution in [3.05, 3.63) is 27.9 Å². The summed E-state index contributed by atoms with van der Waals surface area (Å²) in [6, 6.07) is 2.09. The SMILES string of the molecule is CCN(CC1CCCN1)c1nccc(C)c1[N+](=O)[O-]. The molecule has 1 aromatic heterocycles. The molecule has 1 saturated heterocycles. The minimum Gasteiger partial charge on any atom is -0.350 e. The summed E-state index contributed by atoms with van der Waals surface area (Å²) in [5, 5.41) is 14.6. The van der Waals surface area contributed by atoms with E-state index in [-0.39, 0.29) is 10.6 Å². The standard InChI is InChI=1S/C13H20N4O2/c1-3-16(9-11-5-4-7-14-11)13-12(17(18)19)10(2)6-8-15-13/h6,8,11,14H,3-5,7,9H2,1-2H3. The van der Waals surface area contributed by atoms with Crippen molar-refractivity contribution in [2.75, 3.05) is 24.5 Å². The average Bonchev–Trinajstić information content (AvgIpc) is 2.88. The summed E-state index contributed by atoms with van der Waals surface area (Å²) < 4.78 is 0. The zero-order valence-electron chi connectivity index (χ0n) is 11.4. The van der Waals surface area contributed by atoms with Gasteiger partial charge in [-0.2, -0.15) is 0 Å². The van der Waals surface area contributed by atoms with Crippen LogP contribution in [0, 0.1) is 17.0 Å². The van der Waals surface area contributed by atoms with E-state index in [1.807, 2.05) is 11.8 Å². The van der Waals surface area contributed by atoms with Crippen LogP contribution in [0.25, 0.3) is 0 Å². The quantitative estimate of drug-likeness (QED) is 0.649. The molecule has 1 aliphatic rings. The van der Waals surface area contributed by atoms with Gasteiger partial charge >= 0.3 is 5.69 Å². The first-order chi connectivity index (χ1) is 9.13. The van der Waals surface area contributed by atoms with E-state index in [4.69, 9.17) is 0 Å². The van der Waals surface area contributed by atoms with Crippen molar-refractivity contribution in [2.24, 2.45) is 0 Å². The molecule has 6 nitrogen and oxygen atoms in total. The first-order valence-corrected chi connectivity index (χ1v) is 6.71. The number of rotatable bonds is 5. The van der Waals surface area contributed by atoms with Gasteiger partial charge < -0.3 is 10.2 Å². The molecule has 1 unspecified atom stereocenters. The Kier molecular flexibility index (Phi) is 4.31. The van der Waals surface area contributed by atoms with Gasteiger partial charge in [0.2, 0.25) is 5.82 Å². The van der Waals surface area contributed by atoms with E-state index < -0.39 is 0 Å². The van der Waals surface area contributed by atoms with Crippen LogP contribution in [0.5, 0.6) is 0 Å². The lowest BCUT2D eigenvalue weighted by Gasteiger charge is -2.25. The molecule has 0 amide bonds. The number of nitrogens with one attached hydrogen (secondary N) is 1. The van der Waals surface area contributed by atoms with Gasteiger partial charge in [-0.25, -0.2) is 4.98 Å². The van der Waals surface area contributed by atoms with Crippen LogP contribution in [0.3, 0.4) is 0 Å². The van der Waals surface area contributed by atoms with Crippen LogP contribution in [0.4, 0.5) is 11.5 Å². The fourth-order valence-electron chi connectivity index (χ4n) is 2.54. The Balaban J connectivity index is 2.26. The molecule has 0 radical (unpaired) electrons. The normalized spacial score (nSPS) is 18.5. The minimum absolute atomic E-state index is 0.127. The van der Waals surface area contributed by atoms with Gasteiger partial charge in [-0.15, -0.1) is 0 Å². The second kappa shape index (κ2) is 5.97. The molecule has 2 rings (SSSR count). The first-order valence-electron chi connectivity index (χ1n) is 6.71. The number of aryl methyl sites for hydroxylation is 1. The van der Waals surface area contributed by atoms with Gasteiger partial charge in [-0.1, -0.05) is 0 Å². The molecule has 0 aliphatic carbocycles. The van der Waals surface area contributed by atoms with E-state index in [9.17, 15) is 10.1 Å². The highest BCUT2D eigenvalue weighted by Gasteiger charge is 2.25. The lowest BCUT2D eigenvalue weighted by molar-refractivity contribution is -0.384. The summed E-state index contributed by atoms with van der Waals surface area (Å²) in [4.78, 5) is 17.1. The topological polar surface area (TPSA) is 71.3 Å². The van der Waals surface area contributed by atoms with Crippen LogP contribution >= 0.6 is 0 Å². The van der Waals surface area contributed by atoms with E-state index >= 15 is 0 Å². The molecular formula is C13H20N4O2. The molecule has 0 aromatic carbocycles. The third-order valence-electron chi connectivity index (χ3n) is 3.57. The Bertz CT molecular complexity index is 458. The number of anilines is 1. The van der Waals surface area contributed by atoms with E-state index in [0.29, 0.717) is 17.4 Å². The van der Waals surface area contributed by atoms with E-state index in [2.05, 4.69) is 10.3 Å². The van der Waals surface area contributed by atoms with Crippen LogP contribution in [0.1, 0.15) is 25.3 Å². The maximum atomic E-state index is 11.2. The summed E-state index contributed by atoms with van der Waals surface area (Å²) in [7, 11) is 0. The number of nitro groups is 1. The van der Waals surface area contributed by atoms with Crippen LogP contribution in [-0.2, 0) is 0 Å². The summed E-state index contributed by atoms with van der Waals surface area (Å²) in [5.74, 6) is 0.487. The zero-order chi connectivity index (χ0) is 13.8. The van der Waals surface area contributed by atoms with Gasteiger partial charge in [0, 0.05) is 30.9 Å². The number of hydrogen-bond donors (Lipinski definition) is 1. The highest BCUT2D eigenvalue weighted by Crippen LogP contribution is 2.29. The molecule has 1 aromatic rings. The molecule has 1 atom stereocenters. The fourth-order valence-corrected chi connectivity index (χ4v) is 2.54. The second-order valence-electron chi connectivity index (χ2n) is 4.89. The van der Waals surface area contributed by atoms with Gasteiger partial charge in [-0.3, -0.25) is 10.1 Å². The van der Waals surface area contributed by atoms with Crippen molar-refractivity contribution >= 4 is 11.5 Å². The van der Waals surface area contributed by atoms with Crippen LogP contribution < -0.4 is 10.2 Å². The summed E-state index contributed by atoms with van der Waals surface area (Å²) in [6.07, 6.45) is 3.93. The van der Waals surface area contributed by atoms with Crippen LogP contribution in [0.2, 0.25) is 0 Å². The Morgan fingerprint density at radius 2 is 2.42 bits per heavy atom. The van der Waals surface area contributed by atoms with Crippen molar-refractivity contribution in [2.45, 2.75) is 32.7 Å².